The third kappa shape index (κ3) is 3.12. The van der Waals surface area contributed by atoms with Gasteiger partial charge in [-0.2, -0.15) is 15.1 Å². The van der Waals surface area contributed by atoms with E-state index in [1.165, 1.54) is 0 Å². The van der Waals surface area contributed by atoms with Crippen LogP contribution in [0.2, 0.25) is 5.02 Å². The van der Waals surface area contributed by atoms with Crippen LogP contribution in [-0.2, 0) is 0 Å². The minimum atomic E-state index is -0.953. The number of benzene rings is 2. The summed E-state index contributed by atoms with van der Waals surface area (Å²) in [5.74, 6) is -2.91. The van der Waals surface area contributed by atoms with Gasteiger partial charge in [0, 0.05) is 11.6 Å². The van der Waals surface area contributed by atoms with Gasteiger partial charge in [-0.25, -0.2) is 8.78 Å². The Hall–Kier alpha value is -3.59. The fraction of sp³-hybridized carbons (Fsp3) is 0. The maximum Gasteiger partial charge on any atom is 0.324 e. The zero-order chi connectivity index (χ0) is 19.8. The molecule has 0 aliphatic rings. The van der Waals surface area contributed by atoms with E-state index in [9.17, 15) is 13.6 Å². The number of aromatic nitrogens is 4. The first-order valence-electron chi connectivity index (χ1n) is 7.88. The number of aromatic amines is 1. The number of carbonyl (C=O) groups is 1. The summed E-state index contributed by atoms with van der Waals surface area (Å²) >= 11 is 6.21. The molecular formula is C18H10ClF2N5O2. The zero-order valence-electron chi connectivity index (χ0n) is 13.9. The number of nitrogens with one attached hydrogen (secondary N) is 1. The molecule has 0 unspecified atom stereocenters. The predicted molar refractivity (Wildman–Crippen MR) is 97.1 cm³/mol. The van der Waals surface area contributed by atoms with Crippen molar-refractivity contribution in [1.29, 1.82) is 0 Å². The van der Waals surface area contributed by atoms with Crippen LogP contribution in [0.25, 0.3) is 22.3 Å². The molecule has 4 aromatic rings. The summed E-state index contributed by atoms with van der Waals surface area (Å²) in [6.07, 6.45) is 0. The number of H-pyrrole nitrogens is 1. The number of primary amides is 1. The molecule has 28 heavy (non-hydrogen) atoms. The highest BCUT2D eigenvalue weighted by Gasteiger charge is 2.22. The Morgan fingerprint density at radius 2 is 1.93 bits per heavy atom. The first-order valence-corrected chi connectivity index (χ1v) is 8.25. The lowest BCUT2D eigenvalue weighted by molar-refractivity contribution is 0.0996. The van der Waals surface area contributed by atoms with E-state index in [2.05, 4.69) is 20.2 Å². The van der Waals surface area contributed by atoms with Crippen LogP contribution in [0.3, 0.4) is 0 Å². The van der Waals surface area contributed by atoms with Crippen molar-refractivity contribution >= 4 is 28.5 Å². The number of hydrogen-bond donors (Lipinski definition) is 2. The third-order valence-corrected chi connectivity index (χ3v) is 4.19. The van der Waals surface area contributed by atoms with Crippen LogP contribution in [0.15, 0.2) is 42.5 Å². The number of carbonyl (C=O) groups excluding carboxylic acids is 1. The van der Waals surface area contributed by atoms with Gasteiger partial charge in [0.25, 0.3) is 5.91 Å². The highest BCUT2D eigenvalue weighted by atomic mass is 35.5. The number of amides is 1. The molecule has 0 saturated carbocycles. The van der Waals surface area contributed by atoms with E-state index in [1.54, 1.807) is 24.3 Å². The van der Waals surface area contributed by atoms with E-state index in [1.807, 2.05) is 0 Å². The highest BCUT2D eigenvalue weighted by Crippen LogP contribution is 2.33. The average molecular weight is 402 g/mol. The van der Waals surface area contributed by atoms with Crippen LogP contribution in [0, 0.1) is 11.6 Å². The second-order valence-electron chi connectivity index (χ2n) is 5.67. The number of rotatable bonds is 4. The van der Waals surface area contributed by atoms with E-state index in [-0.39, 0.29) is 28.5 Å². The molecule has 0 bridgehead atoms. The summed E-state index contributed by atoms with van der Waals surface area (Å²) in [5, 5.41) is 7.45. The van der Waals surface area contributed by atoms with Gasteiger partial charge in [-0.3, -0.25) is 9.89 Å². The van der Waals surface area contributed by atoms with Gasteiger partial charge >= 0.3 is 6.01 Å². The molecule has 4 rings (SSSR count). The fourth-order valence-corrected chi connectivity index (χ4v) is 2.86. The monoisotopic (exact) mass is 401 g/mol. The van der Waals surface area contributed by atoms with E-state index >= 15 is 0 Å². The highest BCUT2D eigenvalue weighted by molar-refractivity contribution is 6.33. The molecular weight excluding hydrogens is 392 g/mol. The molecule has 7 nitrogen and oxygen atoms in total. The Kier molecular flexibility index (Phi) is 4.36. The predicted octanol–water partition coefficient (Wildman–Crippen LogP) is 3.84. The summed E-state index contributed by atoms with van der Waals surface area (Å²) in [4.78, 5) is 20.0. The quantitative estimate of drug-likeness (QED) is 0.540. The summed E-state index contributed by atoms with van der Waals surface area (Å²) in [5.41, 5.74) is 6.27. The van der Waals surface area contributed by atoms with Crippen LogP contribution >= 0.6 is 11.6 Å². The number of nitrogens with zero attached hydrogens (tertiary/aromatic N) is 3. The molecule has 0 aliphatic carbocycles. The summed E-state index contributed by atoms with van der Waals surface area (Å²) in [6.45, 7) is 0. The van der Waals surface area contributed by atoms with Crippen molar-refractivity contribution in [2.24, 2.45) is 5.73 Å². The van der Waals surface area contributed by atoms with E-state index in [0.717, 1.165) is 12.1 Å². The van der Waals surface area contributed by atoms with Crippen LogP contribution in [0.5, 0.6) is 11.8 Å². The standard InChI is InChI=1S/C18H10ClF2N5O2/c19-10-4-2-1-3-9(10)14-13-15(16(22)27)23-18(24-17(13)26-25-14)28-12-6-5-8(20)7-11(12)21/h1-7H,(H2,22,27)(H,23,24,25,26). The van der Waals surface area contributed by atoms with Gasteiger partial charge in [0.2, 0.25) is 0 Å². The molecule has 0 aliphatic heterocycles. The van der Waals surface area contributed by atoms with Crippen molar-refractivity contribution in [2.75, 3.05) is 0 Å². The number of nitrogens with two attached hydrogens (primary N) is 1. The van der Waals surface area contributed by atoms with Crippen molar-refractivity contribution in [3.05, 3.63) is 64.8 Å². The summed E-state index contributed by atoms with van der Waals surface area (Å²) < 4.78 is 32.1. The molecule has 0 saturated heterocycles. The topological polar surface area (TPSA) is 107 Å². The largest absolute Gasteiger partial charge is 0.421 e. The van der Waals surface area contributed by atoms with Crippen LogP contribution in [0.1, 0.15) is 10.5 Å². The van der Waals surface area contributed by atoms with E-state index < -0.39 is 17.5 Å². The molecule has 0 spiro atoms. The number of hydrogen-bond acceptors (Lipinski definition) is 5. The van der Waals surface area contributed by atoms with Gasteiger partial charge in [0.1, 0.15) is 17.2 Å². The maximum absolute atomic E-state index is 13.8. The smallest absolute Gasteiger partial charge is 0.324 e. The van der Waals surface area contributed by atoms with Gasteiger partial charge < -0.3 is 10.5 Å². The lowest BCUT2D eigenvalue weighted by Gasteiger charge is -2.07. The minimum Gasteiger partial charge on any atom is -0.421 e. The summed E-state index contributed by atoms with van der Waals surface area (Å²) in [6, 6.07) is 9.24. The molecule has 10 heteroatoms. The second kappa shape index (κ2) is 6.86. The molecule has 0 fully saturated rings. The van der Waals surface area contributed by atoms with Crippen molar-refractivity contribution in [3.63, 3.8) is 0 Å². The van der Waals surface area contributed by atoms with Crippen molar-refractivity contribution < 1.29 is 18.3 Å². The van der Waals surface area contributed by atoms with Crippen LogP contribution in [0.4, 0.5) is 8.78 Å². The van der Waals surface area contributed by atoms with Gasteiger partial charge in [0.05, 0.1) is 10.4 Å². The van der Waals surface area contributed by atoms with E-state index in [4.69, 9.17) is 22.1 Å². The lowest BCUT2D eigenvalue weighted by Crippen LogP contribution is -2.15. The average Bonchev–Trinajstić information content (AvgIpc) is 3.07. The van der Waals surface area contributed by atoms with Crippen LogP contribution < -0.4 is 10.5 Å². The van der Waals surface area contributed by atoms with Crippen LogP contribution in [-0.4, -0.2) is 26.1 Å². The Morgan fingerprint density at radius 3 is 2.64 bits per heavy atom. The maximum atomic E-state index is 13.8. The molecule has 2 aromatic heterocycles. The first kappa shape index (κ1) is 17.8. The Balaban J connectivity index is 1.86. The van der Waals surface area contributed by atoms with Gasteiger partial charge in [-0.05, 0) is 18.2 Å². The number of fused-ring (bicyclic) bond motifs is 1. The number of ether oxygens (including phenoxy) is 1. The van der Waals surface area contributed by atoms with Gasteiger partial charge in [-0.15, -0.1) is 0 Å². The molecule has 0 radical (unpaired) electrons. The fourth-order valence-electron chi connectivity index (χ4n) is 2.64. The lowest BCUT2D eigenvalue weighted by atomic mass is 10.1. The molecule has 2 aromatic carbocycles. The Morgan fingerprint density at radius 1 is 1.14 bits per heavy atom. The zero-order valence-corrected chi connectivity index (χ0v) is 14.7. The normalized spacial score (nSPS) is 11.0. The number of halogens is 3. The van der Waals surface area contributed by atoms with Crippen molar-refractivity contribution in [1.82, 2.24) is 20.2 Å². The van der Waals surface area contributed by atoms with E-state index in [0.29, 0.717) is 22.3 Å². The third-order valence-electron chi connectivity index (χ3n) is 3.86. The van der Waals surface area contributed by atoms with Gasteiger partial charge in [0.15, 0.2) is 17.2 Å². The minimum absolute atomic E-state index is 0.135. The summed E-state index contributed by atoms with van der Waals surface area (Å²) in [7, 11) is 0. The molecule has 0 atom stereocenters. The first-order chi connectivity index (χ1) is 13.4. The second-order valence-corrected chi connectivity index (χ2v) is 6.08. The molecule has 3 N–H and O–H groups in total. The molecule has 2 heterocycles. The SMILES string of the molecule is NC(=O)c1nc(Oc2ccc(F)cc2F)nc2[nH]nc(-c3ccccc3Cl)c12. The molecule has 1 amide bonds. The van der Waals surface area contributed by atoms with Gasteiger partial charge in [-0.1, -0.05) is 29.8 Å². The Bertz CT molecular complexity index is 1230. The molecule has 140 valence electrons. The van der Waals surface area contributed by atoms with Crippen molar-refractivity contribution in [3.8, 4) is 23.0 Å². The van der Waals surface area contributed by atoms with Crippen molar-refractivity contribution in [2.45, 2.75) is 0 Å². The Labute approximate surface area is 161 Å².